The molecule has 0 radical (unpaired) electrons. The summed E-state index contributed by atoms with van der Waals surface area (Å²) in [6.07, 6.45) is 4.64. The predicted octanol–water partition coefficient (Wildman–Crippen LogP) is 22.0. The molecule has 14 aromatic rings. The quantitative estimate of drug-likeness (QED) is 0.0839. The molecule has 3 heterocycles. The van der Waals surface area contributed by atoms with E-state index in [9.17, 15) is 26.3 Å². The van der Waals surface area contributed by atoms with E-state index in [2.05, 4.69) is 251 Å². The van der Waals surface area contributed by atoms with Crippen molar-refractivity contribution in [3.05, 3.63) is 357 Å². The third-order valence-electron chi connectivity index (χ3n) is 14.0. The van der Waals surface area contributed by atoms with E-state index >= 15 is 0 Å². The number of hydrogen-bond acceptors (Lipinski definition) is 6. The van der Waals surface area contributed by atoms with E-state index < -0.39 is 34.9 Å². The van der Waals surface area contributed by atoms with Crippen molar-refractivity contribution in [3.63, 3.8) is 0 Å². The van der Waals surface area contributed by atoms with Crippen LogP contribution in [-0.4, -0.2) is 15.0 Å². The van der Waals surface area contributed by atoms with Crippen molar-refractivity contribution in [1.82, 2.24) is 15.0 Å². The average Bonchev–Trinajstić information content (AvgIpc) is 0.841. The third-order valence-corrected chi connectivity index (χ3v) is 14.0. The number of pyridine rings is 3. The number of benzene rings is 11. The molecule has 11 aromatic carbocycles. The molecule has 0 fully saturated rings. The summed E-state index contributed by atoms with van der Waals surface area (Å²) in [5.41, 5.74) is 11.1. The van der Waals surface area contributed by atoms with Gasteiger partial charge in [-0.1, -0.05) is 205 Å². The number of anilines is 6. The molecule has 1 N–H and O–H groups in total. The van der Waals surface area contributed by atoms with Gasteiger partial charge in [0.25, 0.3) is 0 Å². The van der Waals surface area contributed by atoms with Crippen LogP contribution >= 0.6 is 9.03 Å². The first kappa shape index (κ1) is 63.3. The van der Waals surface area contributed by atoms with Crippen molar-refractivity contribution in [2.45, 2.75) is 0 Å². The number of hydrogen-bond donors (Lipinski definition) is 1. The summed E-state index contributed by atoms with van der Waals surface area (Å²) < 4.78 is 83.1. The van der Waals surface area contributed by atoms with Crippen LogP contribution in [-0.2, 0) is 20.1 Å². The van der Waals surface area contributed by atoms with Gasteiger partial charge >= 0.3 is 20.1 Å². The third kappa shape index (κ3) is 16.3. The molecule has 0 atom stereocenters. The van der Waals surface area contributed by atoms with Gasteiger partial charge in [-0.15, -0.1) is 36.4 Å². The second-order valence-corrected chi connectivity index (χ2v) is 19.7. The van der Waals surface area contributed by atoms with Crippen LogP contribution in [0.1, 0.15) is 0 Å². The van der Waals surface area contributed by atoms with E-state index in [1.54, 1.807) is 73.2 Å². The molecule has 14 rings (SSSR count). The van der Waals surface area contributed by atoms with Crippen molar-refractivity contribution in [3.8, 4) is 44.9 Å². The Balaban J connectivity index is 0.000000175. The van der Waals surface area contributed by atoms with Gasteiger partial charge in [-0.25, -0.2) is 0 Å². The van der Waals surface area contributed by atoms with Gasteiger partial charge in [-0.3, -0.25) is 31.5 Å². The largest absolute Gasteiger partial charge is 3.00 e. The van der Waals surface area contributed by atoms with Crippen LogP contribution in [0.4, 0.5) is 60.5 Å². The minimum atomic E-state index is -0.649. The summed E-state index contributed by atoms with van der Waals surface area (Å²) in [7, 11) is 2.48. The van der Waals surface area contributed by atoms with E-state index in [0.29, 0.717) is 17.1 Å². The molecular weight excluding hydrogens is 1350 g/mol. The van der Waals surface area contributed by atoms with E-state index in [-0.39, 0.29) is 36.8 Å². The number of fused-ring (bicyclic) bond motifs is 2. The fourth-order valence-electron chi connectivity index (χ4n) is 9.88. The average molecular weight is 1400 g/mol. The van der Waals surface area contributed by atoms with Crippen molar-refractivity contribution in [1.29, 1.82) is 5.15 Å². The molecule has 14 heteroatoms. The van der Waals surface area contributed by atoms with Gasteiger partial charge in [-0.2, -0.15) is 0 Å². The molecule has 3 aromatic heterocycles. The number of nitrogens with zero attached hydrogens (tertiary/aromatic N) is 5. The Labute approximate surface area is 541 Å². The van der Waals surface area contributed by atoms with Crippen LogP contribution in [0.15, 0.2) is 304 Å². The summed E-state index contributed by atoms with van der Waals surface area (Å²) in [5.74, 6) is -3.86. The van der Waals surface area contributed by atoms with Crippen LogP contribution in [0.5, 0.6) is 0 Å². The Morgan fingerprint density at radius 2 is 0.626 bits per heavy atom. The molecule has 0 unspecified atom stereocenters. The summed E-state index contributed by atoms with van der Waals surface area (Å²) in [6, 6.07) is 97.8. The second kappa shape index (κ2) is 32.0. The van der Waals surface area contributed by atoms with Gasteiger partial charge < -0.3 is 24.8 Å². The van der Waals surface area contributed by atoms with Crippen molar-refractivity contribution >= 4 is 64.7 Å². The van der Waals surface area contributed by atoms with Crippen LogP contribution in [0, 0.1) is 58.3 Å². The molecule has 0 aliphatic heterocycles. The number of nitrogens with one attached hydrogen (secondary N) is 1. The smallest absolute Gasteiger partial charge is 0.310 e. The summed E-state index contributed by atoms with van der Waals surface area (Å²) in [4.78, 5) is 16.5. The fraction of sp³-hybridized carbons (Fsp3) is 0. The zero-order valence-corrected chi connectivity index (χ0v) is 51.5. The first-order valence-corrected chi connectivity index (χ1v) is 28.5. The van der Waals surface area contributed by atoms with Crippen molar-refractivity contribution in [2.75, 3.05) is 9.80 Å². The second-order valence-electron chi connectivity index (χ2n) is 19.7. The Morgan fingerprint density at radius 3 is 0.934 bits per heavy atom. The summed E-state index contributed by atoms with van der Waals surface area (Å²) >= 11 is 0. The molecule has 91 heavy (non-hydrogen) atoms. The molecule has 0 saturated heterocycles. The molecular formula is C77H52F6IrN6P. The first-order valence-electron chi connectivity index (χ1n) is 28.5. The molecule has 0 aliphatic carbocycles. The molecule has 0 saturated carbocycles. The minimum absolute atomic E-state index is 0. The normalized spacial score (nSPS) is 10.4. The van der Waals surface area contributed by atoms with Crippen LogP contribution < -0.4 is 9.80 Å². The first-order chi connectivity index (χ1) is 44.6. The minimum Gasteiger partial charge on any atom is -0.310 e. The maximum atomic E-state index is 13.2. The Bertz CT molecular complexity index is 4270. The van der Waals surface area contributed by atoms with Gasteiger partial charge in [0, 0.05) is 87.0 Å². The molecule has 446 valence electrons. The zero-order chi connectivity index (χ0) is 63.3. The number of para-hydroxylation sites is 2. The Morgan fingerprint density at radius 1 is 0.341 bits per heavy atom. The Kier molecular flexibility index (Phi) is 22.3. The van der Waals surface area contributed by atoms with E-state index in [1.807, 2.05) is 0 Å². The number of aromatic nitrogens is 3. The maximum absolute atomic E-state index is 13.2. The number of rotatable bonds is 10. The van der Waals surface area contributed by atoms with E-state index in [4.69, 9.17) is 1.41 Å². The SMILES string of the molecule is Fc1c[c-]c(-c2ccccn2)c(F)c1.Fc1c[c-]c(-c2ccccn2)c(F)c1.Fc1c[c-]c(-c2ccccn2)c(F)c1.[2H]N=P.[Ir+3].c1ccc(N(c2ccc(-c3ccc(N(c4ccccc4)c4cccc5ccccc45)cc3)cc2)c2cccc3ccccc23)cc1. The molecule has 0 bridgehead atoms. The topological polar surface area (TPSA) is 69.0 Å². The summed E-state index contributed by atoms with van der Waals surface area (Å²) in [6.45, 7) is 0. The van der Waals surface area contributed by atoms with Gasteiger partial charge in [0.2, 0.25) is 0 Å². The number of halogens is 6. The van der Waals surface area contributed by atoms with Crippen LogP contribution in [0.2, 0.25) is 1.41 Å². The van der Waals surface area contributed by atoms with Crippen molar-refractivity contribution < 1.29 is 47.9 Å². The van der Waals surface area contributed by atoms with Crippen molar-refractivity contribution in [2.24, 2.45) is 0 Å². The fourth-order valence-corrected chi connectivity index (χ4v) is 9.88. The maximum Gasteiger partial charge on any atom is 3.00 e. The van der Waals surface area contributed by atoms with Gasteiger partial charge in [0.1, 0.15) is 0 Å². The Hall–Kier alpha value is -10.7. The van der Waals surface area contributed by atoms with Crippen LogP contribution in [0.25, 0.3) is 66.4 Å². The summed E-state index contributed by atoms with van der Waals surface area (Å²) in [5, 5.41) is 7.46. The molecule has 0 amide bonds. The molecule has 0 aliphatic rings. The van der Waals surface area contributed by atoms with Crippen LogP contribution in [0.3, 0.4) is 0 Å². The standard InChI is InChI=1S/C44H32N2.3C11H6F2N.Ir.H2NP/c1-3-17-37(18-4-1)45(43-23-11-15-35-13-7-9-21-41(35)43)39-29-25-33(26-30-39)34-27-31-40(32-28-34)46(38-19-5-2-6-20-38)44-24-12-16-36-14-8-10-22-42(36)44;3*12-8-4-5-9(10(13)7-8)11-3-1-2-6-14-11;;1-2/h1-32H;3*1-4,6-7H;;1-2H/q;3*-1;+3;/i/hD. The zero-order valence-electron chi connectivity index (χ0n) is 49.2. The molecule has 6 nitrogen and oxygen atoms in total. The predicted molar refractivity (Wildman–Crippen MR) is 353 cm³/mol. The van der Waals surface area contributed by atoms with Gasteiger partial charge in [0.15, 0.2) is 1.41 Å². The van der Waals surface area contributed by atoms with E-state index in [1.165, 1.54) is 32.7 Å². The monoisotopic (exact) mass is 1400 g/mol. The molecule has 0 spiro atoms. The van der Waals surface area contributed by atoms with Gasteiger partial charge in [0.05, 0.1) is 11.4 Å². The van der Waals surface area contributed by atoms with Gasteiger partial charge in [-0.05, 0) is 127 Å². The van der Waals surface area contributed by atoms with E-state index in [0.717, 1.165) is 70.5 Å².